The maximum absolute atomic E-state index is 12.6. The van der Waals surface area contributed by atoms with Crippen LogP contribution in [0.2, 0.25) is 5.02 Å². The van der Waals surface area contributed by atoms with Crippen molar-refractivity contribution in [2.45, 2.75) is 37.1 Å². The molecule has 146 valence electrons. The van der Waals surface area contributed by atoms with Crippen LogP contribution in [0.1, 0.15) is 30.6 Å². The molecule has 7 heteroatoms. The van der Waals surface area contributed by atoms with E-state index in [2.05, 4.69) is 10.6 Å². The quantitative estimate of drug-likeness (QED) is 0.739. The van der Waals surface area contributed by atoms with Gasteiger partial charge in [-0.3, -0.25) is 9.59 Å². The van der Waals surface area contributed by atoms with Gasteiger partial charge in [-0.15, -0.1) is 11.8 Å². The zero-order valence-electron chi connectivity index (χ0n) is 15.2. The molecule has 2 amide bonds. The van der Waals surface area contributed by atoms with E-state index in [4.69, 9.17) is 16.0 Å². The molecule has 2 heterocycles. The van der Waals surface area contributed by atoms with Crippen molar-refractivity contribution in [2.24, 2.45) is 5.92 Å². The number of hydrogen-bond acceptors (Lipinski definition) is 4. The molecule has 1 saturated carbocycles. The molecule has 2 aromatic rings. The molecule has 0 radical (unpaired) electrons. The van der Waals surface area contributed by atoms with Gasteiger partial charge in [-0.1, -0.05) is 29.8 Å². The first-order valence-electron chi connectivity index (χ1n) is 9.34. The van der Waals surface area contributed by atoms with Gasteiger partial charge in [0.2, 0.25) is 5.91 Å². The molecular formula is C21H21ClN2O3S. The smallest absolute Gasteiger partial charge is 0.257 e. The molecule has 2 N–H and O–H groups in total. The summed E-state index contributed by atoms with van der Waals surface area (Å²) in [5.74, 6) is 0.568. The summed E-state index contributed by atoms with van der Waals surface area (Å²) in [5.41, 5.74) is 0.839. The summed E-state index contributed by atoms with van der Waals surface area (Å²) >= 11 is 7.81. The van der Waals surface area contributed by atoms with Crippen LogP contribution >= 0.6 is 23.4 Å². The molecule has 4 rings (SSSR count). The number of fused-ring (bicyclic) bond motifs is 1. The van der Waals surface area contributed by atoms with Crippen molar-refractivity contribution in [3.63, 3.8) is 0 Å². The van der Waals surface area contributed by atoms with Crippen molar-refractivity contribution in [1.82, 2.24) is 10.6 Å². The van der Waals surface area contributed by atoms with E-state index >= 15 is 0 Å². The molecule has 2 aliphatic rings. The average Bonchev–Trinajstić information content (AvgIpc) is 3.21. The van der Waals surface area contributed by atoms with Crippen LogP contribution in [-0.2, 0) is 16.1 Å². The van der Waals surface area contributed by atoms with Crippen LogP contribution in [0.5, 0.6) is 0 Å². The number of carbonyl (C=O) groups excluding carboxylic acids is 2. The summed E-state index contributed by atoms with van der Waals surface area (Å²) in [6.07, 6.45) is 5.80. The normalized spacial score (nSPS) is 25.8. The minimum absolute atomic E-state index is 0.00834. The first-order valence-corrected chi connectivity index (χ1v) is 10.6. The molecule has 1 aliphatic heterocycles. The summed E-state index contributed by atoms with van der Waals surface area (Å²) < 4.78 is 5.25. The van der Waals surface area contributed by atoms with Gasteiger partial charge in [0, 0.05) is 22.2 Å². The van der Waals surface area contributed by atoms with E-state index in [0.29, 0.717) is 22.9 Å². The zero-order valence-corrected chi connectivity index (χ0v) is 16.8. The highest BCUT2D eigenvalue weighted by atomic mass is 35.5. The molecule has 3 unspecified atom stereocenters. The zero-order chi connectivity index (χ0) is 19.5. The Kier molecular flexibility index (Phi) is 5.78. The van der Waals surface area contributed by atoms with Crippen molar-refractivity contribution in [1.29, 1.82) is 0 Å². The predicted molar refractivity (Wildman–Crippen MR) is 111 cm³/mol. The van der Waals surface area contributed by atoms with Gasteiger partial charge in [0.05, 0.1) is 17.7 Å². The summed E-state index contributed by atoms with van der Waals surface area (Å²) in [7, 11) is 0. The number of benzene rings is 1. The molecule has 0 bridgehead atoms. The lowest BCUT2D eigenvalue weighted by Crippen LogP contribution is -2.51. The van der Waals surface area contributed by atoms with Crippen LogP contribution in [0.15, 0.2) is 52.0 Å². The summed E-state index contributed by atoms with van der Waals surface area (Å²) in [6, 6.07) is 11.1. The van der Waals surface area contributed by atoms with Gasteiger partial charge in [0.25, 0.3) is 5.91 Å². The molecule has 3 atom stereocenters. The predicted octanol–water partition coefficient (Wildman–Crippen LogP) is 3.99. The lowest BCUT2D eigenvalue weighted by atomic mass is 9.84. The maximum Gasteiger partial charge on any atom is 0.257 e. The topological polar surface area (TPSA) is 71.3 Å². The third-order valence-corrected chi connectivity index (χ3v) is 6.95. The summed E-state index contributed by atoms with van der Waals surface area (Å²) in [4.78, 5) is 25.7. The Morgan fingerprint density at radius 2 is 2.14 bits per heavy atom. The number of amides is 2. The molecule has 1 aromatic carbocycles. The molecule has 1 aromatic heterocycles. The van der Waals surface area contributed by atoms with Gasteiger partial charge < -0.3 is 15.1 Å². The van der Waals surface area contributed by atoms with E-state index in [1.807, 2.05) is 36.4 Å². The van der Waals surface area contributed by atoms with E-state index in [9.17, 15) is 9.59 Å². The first kappa shape index (κ1) is 19.2. The van der Waals surface area contributed by atoms with E-state index in [0.717, 1.165) is 24.2 Å². The first-order chi connectivity index (χ1) is 13.6. The van der Waals surface area contributed by atoms with Gasteiger partial charge in [-0.25, -0.2) is 0 Å². The second-order valence-corrected chi connectivity index (χ2v) is 8.76. The highest BCUT2D eigenvalue weighted by molar-refractivity contribution is 8.04. The fourth-order valence-corrected chi connectivity index (χ4v) is 5.17. The van der Waals surface area contributed by atoms with Crippen molar-refractivity contribution in [3.05, 3.63) is 63.9 Å². The van der Waals surface area contributed by atoms with E-state index in [1.54, 1.807) is 24.1 Å². The molecule has 2 fully saturated rings. The number of halogens is 1. The molecule has 1 aliphatic carbocycles. The van der Waals surface area contributed by atoms with E-state index in [1.165, 1.54) is 0 Å². The lowest BCUT2D eigenvalue weighted by Gasteiger charge is -2.39. The number of carbonyl (C=O) groups is 2. The Morgan fingerprint density at radius 1 is 1.29 bits per heavy atom. The molecule has 0 spiro atoms. The largest absolute Gasteiger partial charge is 0.467 e. The Balaban J connectivity index is 1.37. The van der Waals surface area contributed by atoms with E-state index in [-0.39, 0.29) is 29.0 Å². The molecular weight excluding hydrogens is 396 g/mol. The molecule has 1 saturated heterocycles. The van der Waals surface area contributed by atoms with Gasteiger partial charge in [0.15, 0.2) is 0 Å². The van der Waals surface area contributed by atoms with Crippen LogP contribution < -0.4 is 10.6 Å². The average molecular weight is 417 g/mol. The van der Waals surface area contributed by atoms with Crippen LogP contribution in [0, 0.1) is 5.92 Å². The third kappa shape index (κ3) is 4.28. The Hall–Kier alpha value is -2.18. The van der Waals surface area contributed by atoms with Crippen LogP contribution in [0.3, 0.4) is 0 Å². The Morgan fingerprint density at radius 3 is 2.93 bits per heavy atom. The second kappa shape index (κ2) is 8.45. The maximum atomic E-state index is 12.6. The van der Waals surface area contributed by atoms with Gasteiger partial charge in [-0.05, 0) is 49.1 Å². The van der Waals surface area contributed by atoms with Crippen LogP contribution in [0.4, 0.5) is 0 Å². The standard InChI is InChI=1S/C21H21ClN2O3S/c22-16-6-2-1-4-13(16)11-19-21(26)24-17-10-14(7-8-18(17)28-19)20(25)23-12-15-5-3-9-27-15/h1-6,9,11,14,17-18H,7-8,10,12H2,(H,23,25)(H,24,26)/b19-11+. The van der Waals surface area contributed by atoms with Crippen molar-refractivity contribution in [2.75, 3.05) is 0 Å². The number of nitrogens with one attached hydrogen (secondary N) is 2. The molecule has 5 nitrogen and oxygen atoms in total. The number of hydrogen-bond donors (Lipinski definition) is 2. The van der Waals surface area contributed by atoms with Gasteiger partial charge in [-0.2, -0.15) is 0 Å². The monoisotopic (exact) mass is 416 g/mol. The Labute approximate surface area is 172 Å². The lowest BCUT2D eigenvalue weighted by molar-refractivity contribution is -0.127. The minimum Gasteiger partial charge on any atom is -0.467 e. The number of rotatable bonds is 4. The summed E-state index contributed by atoms with van der Waals surface area (Å²) in [6.45, 7) is 0.391. The SMILES string of the molecule is O=C1NC2CC(C(=O)NCc3ccco3)CCC2S/C1=C/c1ccccc1Cl. The van der Waals surface area contributed by atoms with Crippen molar-refractivity contribution >= 4 is 41.3 Å². The van der Waals surface area contributed by atoms with Crippen molar-refractivity contribution < 1.29 is 14.0 Å². The number of thioether (sulfide) groups is 1. The molecule has 28 heavy (non-hydrogen) atoms. The van der Waals surface area contributed by atoms with E-state index < -0.39 is 0 Å². The highest BCUT2D eigenvalue weighted by Gasteiger charge is 2.39. The minimum atomic E-state index is -0.0946. The van der Waals surface area contributed by atoms with Crippen LogP contribution in [-0.4, -0.2) is 23.1 Å². The van der Waals surface area contributed by atoms with Gasteiger partial charge >= 0.3 is 0 Å². The fraction of sp³-hybridized carbons (Fsp3) is 0.333. The highest BCUT2D eigenvalue weighted by Crippen LogP contribution is 2.40. The second-order valence-electron chi connectivity index (χ2n) is 7.07. The number of furan rings is 1. The fourth-order valence-electron chi connectivity index (χ4n) is 3.69. The van der Waals surface area contributed by atoms with Crippen LogP contribution in [0.25, 0.3) is 6.08 Å². The van der Waals surface area contributed by atoms with Crippen molar-refractivity contribution in [3.8, 4) is 0 Å². The Bertz CT molecular complexity index is 897. The summed E-state index contributed by atoms with van der Waals surface area (Å²) in [5, 5.41) is 6.93. The van der Waals surface area contributed by atoms with Gasteiger partial charge in [0.1, 0.15) is 5.76 Å². The third-order valence-electron chi connectivity index (χ3n) is 5.19.